The summed E-state index contributed by atoms with van der Waals surface area (Å²) < 4.78 is 0. The molecule has 1 aliphatic heterocycles. The van der Waals surface area contributed by atoms with Crippen molar-refractivity contribution in [1.82, 2.24) is 19.9 Å². The van der Waals surface area contributed by atoms with Crippen LogP contribution in [0.4, 0.5) is 5.82 Å². The Hall–Kier alpha value is -3.18. The van der Waals surface area contributed by atoms with Gasteiger partial charge in [0.15, 0.2) is 0 Å². The molecule has 0 amide bonds. The predicted molar refractivity (Wildman–Crippen MR) is 147 cm³/mol. The molecule has 1 saturated heterocycles. The summed E-state index contributed by atoms with van der Waals surface area (Å²) in [7, 11) is 4.36. The van der Waals surface area contributed by atoms with Gasteiger partial charge in [0.05, 0.1) is 5.69 Å². The maximum atomic E-state index is 4.86. The molecule has 0 unspecified atom stereocenters. The van der Waals surface area contributed by atoms with E-state index in [9.17, 15) is 0 Å². The summed E-state index contributed by atoms with van der Waals surface area (Å²) in [4.78, 5) is 17.9. The summed E-state index contributed by atoms with van der Waals surface area (Å²) in [5, 5.41) is 1.29. The lowest BCUT2D eigenvalue weighted by molar-refractivity contribution is 0.249. The molecule has 0 spiro atoms. The Balaban J connectivity index is 1.46. The van der Waals surface area contributed by atoms with Crippen LogP contribution in [0.5, 0.6) is 0 Å². The molecule has 4 aromatic rings. The Labute approximate surface area is 209 Å². The molecule has 1 aliphatic rings. The van der Waals surface area contributed by atoms with E-state index in [1.165, 1.54) is 46.1 Å². The minimum atomic E-state index is 0.397. The Kier molecular flexibility index (Phi) is 6.37. The molecule has 35 heavy (non-hydrogen) atoms. The first-order valence-electron chi connectivity index (χ1n) is 12.8. The van der Waals surface area contributed by atoms with Crippen LogP contribution in [0.1, 0.15) is 49.6 Å². The molecule has 5 nitrogen and oxygen atoms in total. The summed E-state index contributed by atoms with van der Waals surface area (Å²) in [6, 6.07) is 16.2. The maximum absolute atomic E-state index is 4.86. The first-order chi connectivity index (χ1) is 16.8. The van der Waals surface area contributed by atoms with Crippen molar-refractivity contribution in [2.45, 2.75) is 52.5 Å². The number of benzene rings is 1. The van der Waals surface area contributed by atoms with Gasteiger partial charge in [-0.3, -0.25) is 4.98 Å². The summed E-state index contributed by atoms with van der Waals surface area (Å²) in [6.07, 6.45) is 4.42. The van der Waals surface area contributed by atoms with Crippen LogP contribution in [-0.2, 0) is 0 Å². The summed E-state index contributed by atoms with van der Waals surface area (Å²) in [5.41, 5.74) is 9.41. The van der Waals surface area contributed by atoms with Crippen molar-refractivity contribution in [3.8, 4) is 22.4 Å². The normalized spacial score (nSPS) is 15.0. The van der Waals surface area contributed by atoms with Crippen molar-refractivity contribution in [2.24, 2.45) is 0 Å². The fourth-order valence-electron chi connectivity index (χ4n) is 5.55. The fourth-order valence-corrected chi connectivity index (χ4v) is 5.55. The molecular weight excluding hydrogens is 430 g/mol. The van der Waals surface area contributed by atoms with E-state index in [1.54, 1.807) is 0 Å². The van der Waals surface area contributed by atoms with Crippen molar-refractivity contribution in [3.63, 3.8) is 0 Å². The average Bonchev–Trinajstić information content (AvgIpc) is 3.23. The molecule has 1 fully saturated rings. The SMILES string of the molecule is Cc1cc(-c2[nH]c3ccc(-c4ccc(N5CCC(N(C)C)CC5)nc4)cc3c2C(C)C)cc(C)n1. The van der Waals surface area contributed by atoms with Gasteiger partial charge in [0, 0.05) is 58.7 Å². The zero-order chi connectivity index (χ0) is 24.7. The van der Waals surface area contributed by atoms with Crippen LogP contribution in [0.15, 0.2) is 48.7 Å². The van der Waals surface area contributed by atoms with Crippen molar-refractivity contribution < 1.29 is 0 Å². The van der Waals surface area contributed by atoms with Crippen LogP contribution in [0.2, 0.25) is 0 Å². The maximum Gasteiger partial charge on any atom is 0.128 e. The summed E-state index contributed by atoms with van der Waals surface area (Å²) in [6.45, 7) is 10.8. The Morgan fingerprint density at radius 3 is 2.20 bits per heavy atom. The number of aromatic amines is 1. The van der Waals surface area contributed by atoms with E-state index in [-0.39, 0.29) is 0 Å². The standard InChI is InChI=1S/C30H37N5/c1-19(2)29-26-17-22(7-9-27(26)33-30(29)24-15-20(3)32-21(4)16-24)23-8-10-28(31-18-23)35-13-11-25(12-14-35)34(5)6/h7-10,15-19,25,33H,11-14H2,1-6H3. The van der Waals surface area contributed by atoms with Gasteiger partial charge in [-0.15, -0.1) is 0 Å². The number of H-pyrrole nitrogens is 1. The average molecular weight is 468 g/mol. The van der Waals surface area contributed by atoms with Gasteiger partial charge in [0.1, 0.15) is 5.82 Å². The van der Waals surface area contributed by atoms with Crippen LogP contribution in [-0.4, -0.2) is 53.1 Å². The van der Waals surface area contributed by atoms with Crippen molar-refractivity contribution in [2.75, 3.05) is 32.1 Å². The first kappa shape index (κ1) is 23.6. The molecule has 1 aromatic carbocycles. The number of nitrogens with one attached hydrogen (secondary N) is 1. The molecule has 0 saturated carbocycles. The monoisotopic (exact) mass is 467 g/mol. The largest absolute Gasteiger partial charge is 0.357 e. The van der Waals surface area contributed by atoms with Gasteiger partial charge in [-0.2, -0.15) is 0 Å². The van der Waals surface area contributed by atoms with E-state index in [0.29, 0.717) is 12.0 Å². The highest BCUT2D eigenvalue weighted by atomic mass is 15.2. The Morgan fingerprint density at radius 2 is 1.60 bits per heavy atom. The second-order valence-corrected chi connectivity index (χ2v) is 10.6. The quantitative estimate of drug-likeness (QED) is 0.361. The summed E-state index contributed by atoms with van der Waals surface area (Å²) >= 11 is 0. The molecule has 182 valence electrons. The van der Waals surface area contributed by atoms with E-state index in [1.807, 2.05) is 6.20 Å². The number of piperidine rings is 1. The van der Waals surface area contributed by atoms with Crippen molar-refractivity contribution in [3.05, 3.63) is 65.6 Å². The molecule has 0 aliphatic carbocycles. The minimum absolute atomic E-state index is 0.397. The van der Waals surface area contributed by atoms with E-state index in [0.717, 1.165) is 35.9 Å². The number of hydrogen-bond donors (Lipinski definition) is 1. The predicted octanol–water partition coefficient (Wildman–Crippen LogP) is 6.56. The zero-order valence-corrected chi connectivity index (χ0v) is 21.9. The molecular formula is C30H37N5. The number of hydrogen-bond acceptors (Lipinski definition) is 4. The minimum Gasteiger partial charge on any atom is -0.357 e. The zero-order valence-electron chi connectivity index (χ0n) is 21.9. The third-order valence-corrected chi connectivity index (χ3v) is 7.39. The van der Waals surface area contributed by atoms with E-state index >= 15 is 0 Å². The van der Waals surface area contributed by atoms with E-state index in [4.69, 9.17) is 4.98 Å². The lowest BCUT2D eigenvalue weighted by Gasteiger charge is -2.35. The summed E-state index contributed by atoms with van der Waals surface area (Å²) in [5.74, 6) is 1.48. The van der Waals surface area contributed by atoms with Gasteiger partial charge in [-0.1, -0.05) is 19.9 Å². The number of fused-ring (bicyclic) bond motifs is 1. The number of aromatic nitrogens is 3. The Morgan fingerprint density at radius 1 is 0.914 bits per heavy atom. The number of aryl methyl sites for hydroxylation is 2. The molecule has 1 N–H and O–H groups in total. The van der Waals surface area contributed by atoms with Crippen molar-refractivity contribution >= 4 is 16.7 Å². The number of anilines is 1. The molecule has 0 bridgehead atoms. The highest BCUT2D eigenvalue weighted by Crippen LogP contribution is 2.38. The van der Waals surface area contributed by atoms with Crippen LogP contribution in [0.3, 0.4) is 0 Å². The smallest absolute Gasteiger partial charge is 0.128 e. The highest BCUT2D eigenvalue weighted by Gasteiger charge is 2.22. The van der Waals surface area contributed by atoms with Gasteiger partial charge in [-0.25, -0.2) is 4.98 Å². The lowest BCUT2D eigenvalue weighted by Crippen LogP contribution is -2.42. The van der Waals surface area contributed by atoms with E-state index in [2.05, 4.69) is 104 Å². The topological polar surface area (TPSA) is 48.1 Å². The van der Waals surface area contributed by atoms with Gasteiger partial charge >= 0.3 is 0 Å². The first-order valence-corrected chi connectivity index (χ1v) is 12.8. The van der Waals surface area contributed by atoms with Gasteiger partial charge in [0.25, 0.3) is 0 Å². The van der Waals surface area contributed by atoms with Gasteiger partial charge in [0.2, 0.25) is 0 Å². The fraction of sp³-hybridized carbons (Fsp3) is 0.400. The van der Waals surface area contributed by atoms with Crippen molar-refractivity contribution in [1.29, 1.82) is 0 Å². The number of nitrogens with zero attached hydrogens (tertiary/aromatic N) is 4. The van der Waals surface area contributed by atoms with Gasteiger partial charge < -0.3 is 14.8 Å². The highest BCUT2D eigenvalue weighted by molar-refractivity contribution is 5.94. The molecule has 5 rings (SSSR count). The third kappa shape index (κ3) is 4.70. The van der Waals surface area contributed by atoms with Crippen LogP contribution >= 0.6 is 0 Å². The lowest BCUT2D eigenvalue weighted by atomic mass is 9.94. The number of pyridine rings is 2. The molecule has 0 atom stereocenters. The third-order valence-electron chi connectivity index (χ3n) is 7.39. The molecule has 5 heteroatoms. The van der Waals surface area contributed by atoms with Crippen LogP contribution in [0, 0.1) is 13.8 Å². The Bertz CT molecular complexity index is 1300. The van der Waals surface area contributed by atoms with Gasteiger partial charge in [-0.05, 0) is 94.2 Å². The number of rotatable bonds is 5. The van der Waals surface area contributed by atoms with E-state index < -0.39 is 0 Å². The second kappa shape index (κ2) is 9.46. The molecule has 3 aromatic heterocycles. The van der Waals surface area contributed by atoms with Crippen LogP contribution < -0.4 is 4.90 Å². The molecule has 4 heterocycles. The molecule has 0 radical (unpaired) electrons. The second-order valence-electron chi connectivity index (χ2n) is 10.6. The van der Waals surface area contributed by atoms with Crippen LogP contribution in [0.25, 0.3) is 33.3 Å².